The van der Waals surface area contributed by atoms with Crippen molar-refractivity contribution in [3.63, 3.8) is 0 Å². The molecule has 1 atom stereocenters. The zero-order chi connectivity index (χ0) is 11.6. The molecule has 16 heavy (non-hydrogen) atoms. The van der Waals surface area contributed by atoms with E-state index in [1.165, 1.54) is 6.20 Å². The number of rotatable bonds is 4. The number of anilines is 1. The number of nitrogens with zero attached hydrogens (tertiary/aromatic N) is 1. The van der Waals surface area contributed by atoms with E-state index < -0.39 is 10.0 Å². The smallest absolute Gasteiger partial charge is 0.251 e. The lowest BCUT2D eigenvalue weighted by atomic mass is 10.2. The summed E-state index contributed by atoms with van der Waals surface area (Å²) in [6.07, 6.45) is 3.13. The summed E-state index contributed by atoms with van der Waals surface area (Å²) in [5, 5.41) is 0.248. The molecule has 3 N–H and O–H groups in total. The molecule has 1 aromatic rings. The molecule has 0 saturated carbocycles. The molecule has 0 spiro atoms. The molecule has 1 aliphatic rings. The van der Waals surface area contributed by atoms with Crippen LogP contribution < -0.4 is 10.5 Å². The highest BCUT2D eigenvalue weighted by molar-refractivity contribution is 7.91. The fraction of sp³-hybridized carbons (Fsp3) is 0.625. The summed E-state index contributed by atoms with van der Waals surface area (Å²) < 4.78 is 31.5. The number of nitrogens with one attached hydrogen (secondary N) is 1. The minimum Gasteiger partial charge on any atom is -0.377 e. The lowest BCUT2D eigenvalue weighted by Crippen LogP contribution is -2.31. The van der Waals surface area contributed by atoms with Crippen molar-refractivity contribution >= 4 is 26.5 Å². The van der Waals surface area contributed by atoms with Crippen molar-refractivity contribution in [1.29, 1.82) is 0 Å². The van der Waals surface area contributed by atoms with E-state index in [9.17, 15) is 8.42 Å². The van der Waals surface area contributed by atoms with Crippen LogP contribution in [0.1, 0.15) is 12.8 Å². The number of sulfonamides is 1. The second-order valence-electron chi connectivity index (χ2n) is 3.50. The van der Waals surface area contributed by atoms with Gasteiger partial charge in [-0.2, -0.15) is 0 Å². The van der Waals surface area contributed by atoms with Crippen LogP contribution in [0.5, 0.6) is 0 Å². The average Bonchev–Trinajstić information content (AvgIpc) is 2.85. The van der Waals surface area contributed by atoms with Crippen molar-refractivity contribution in [1.82, 2.24) is 9.71 Å². The van der Waals surface area contributed by atoms with Crippen molar-refractivity contribution < 1.29 is 13.2 Å². The van der Waals surface area contributed by atoms with Gasteiger partial charge >= 0.3 is 0 Å². The third kappa shape index (κ3) is 2.70. The van der Waals surface area contributed by atoms with Crippen LogP contribution in [-0.4, -0.2) is 32.7 Å². The van der Waals surface area contributed by atoms with Crippen molar-refractivity contribution in [3.8, 4) is 0 Å². The van der Waals surface area contributed by atoms with Gasteiger partial charge in [0.25, 0.3) is 10.0 Å². The highest BCUT2D eigenvalue weighted by atomic mass is 32.2. The number of hydrogen-bond acceptors (Lipinski definition) is 6. The second kappa shape index (κ2) is 4.66. The Balaban J connectivity index is 1.97. The van der Waals surface area contributed by atoms with Gasteiger partial charge in [-0.05, 0) is 12.8 Å². The number of hydrogen-bond donors (Lipinski definition) is 2. The van der Waals surface area contributed by atoms with Crippen LogP contribution in [0.25, 0.3) is 0 Å². The summed E-state index contributed by atoms with van der Waals surface area (Å²) in [6.45, 7) is 1.01. The Morgan fingerprint density at radius 3 is 3.06 bits per heavy atom. The maximum absolute atomic E-state index is 11.8. The van der Waals surface area contributed by atoms with Crippen LogP contribution in [0, 0.1) is 0 Å². The maximum atomic E-state index is 11.8. The molecule has 0 aromatic carbocycles. The van der Waals surface area contributed by atoms with Gasteiger partial charge in [0.2, 0.25) is 0 Å². The predicted octanol–water partition coefficient (Wildman–Crippen LogP) is 0.183. The van der Waals surface area contributed by atoms with Gasteiger partial charge in [0.05, 0.1) is 12.3 Å². The number of aromatic nitrogens is 1. The molecule has 1 aliphatic heterocycles. The molecule has 0 amide bonds. The van der Waals surface area contributed by atoms with E-state index >= 15 is 0 Å². The van der Waals surface area contributed by atoms with Crippen LogP contribution in [0.15, 0.2) is 10.4 Å². The summed E-state index contributed by atoms with van der Waals surface area (Å²) in [5.74, 6) is 0. The van der Waals surface area contributed by atoms with E-state index in [0.717, 1.165) is 24.2 Å². The topological polar surface area (TPSA) is 94.3 Å². The van der Waals surface area contributed by atoms with Crippen molar-refractivity contribution in [2.75, 3.05) is 18.9 Å². The zero-order valence-electron chi connectivity index (χ0n) is 8.55. The minimum absolute atomic E-state index is 0.0138. The van der Waals surface area contributed by atoms with Gasteiger partial charge in [-0.1, -0.05) is 11.3 Å². The summed E-state index contributed by atoms with van der Waals surface area (Å²) in [5.41, 5.74) is 5.38. The number of ether oxygens (including phenoxy) is 1. The summed E-state index contributed by atoms with van der Waals surface area (Å²) in [6, 6.07) is 0. The van der Waals surface area contributed by atoms with Gasteiger partial charge in [0, 0.05) is 13.2 Å². The molecule has 1 saturated heterocycles. The van der Waals surface area contributed by atoms with Crippen LogP contribution in [0.3, 0.4) is 0 Å². The van der Waals surface area contributed by atoms with Crippen LogP contribution in [-0.2, 0) is 14.8 Å². The lowest BCUT2D eigenvalue weighted by molar-refractivity contribution is 0.114. The Morgan fingerprint density at radius 2 is 2.50 bits per heavy atom. The average molecular weight is 263 g/mol. The molecule has 6 nitrogen and oxygen atoms in total. The molecule has 2 heterocycles. The first-order chi connectivity index (χ1) is 7.58. The second-order valence-corrected chi connectivity index (χ2v) is 6.56. The lowest BCUT2D eigenvalue weighted by Gasteiger charge is -2.09. The van der Waals surface area contributed by atoms with E-state index in [2.05, 4.69) is 9.71 Å². The molecule has 0 radical (unpaired) electrons. The third-order valence-corrected chi connectivity index (χ3v) is 5.00. The molecule has 8 heteroatoms. The van der Waals surface area contributed by atoms with Crippen LogP contribution in [0.4, 0.5) is 5.13 Å². The van der Waals surface area contributed by atoms with Crippen molar-refractivity contribution in [2.45, 2.75) is 23.2 Å². The van der Waals surface area contributed by atoms with E-state index in [1.807, 2.05) is 0 Å². The van der Waals surface area contributed by atoms with Crippen LogP contribution >= 0.6 is 11.3 Å². The SMILES string of the molecule is Nc1ncc(S(=O)(=O)NCC2CCCO2)s1. The predicted molar refractivity (Wildman–Crippen MR) is 60.7 cm³/mol. The standard InChI is InChI=1S/C8H13N3O3S2/c9-8-10-5-7(15-8)16(12,13)11-4-6-2-1-3-14-6/h5-6,11H,1-4H2,(H2,9,10). The quantitative estimate of drug-likeness (QED) is 0.808. The molecule has 1 unspecified atom stereocenters. The van der Waals surface area contributed by atoms with Gasteiger partial charge in [0.15, 0.2) is 9.34 Å². The highest BCUT2D eigenvalue weighted by Gasteiger charge is 2.21. The Hall–Kier alpha value is -0.700. The fourth-order valence-corrected chi connectivity index (χ4v) is 3.50. The summed E-state index contributed by atoms with van der Waals surface area (Å²) in [7, 11) is -3.48. The van der Waals surface area contributed by atoms with Crippen molar-refractivity contribution in [2.24, 2.45) is 0 Å². The van der Waals surface area contributed by atoms with E-state index in [-0.39, 0.29) is 15.4 Å². The normalized spacial score (nSPS) is 21.4. The van der Waals surface area contributed by atoms with Gasteiger partial charge in [-0.3, -0.25) is 0 Å². The van der Waals surface area contributed by atoms with Gasteiger partial charge in [-0.15, -0.1) is 0 Å². The van der Waals surface area contributed by atoms with E-state index in [1.54, 1.807) is 0 Å². The first kappa shape index (κ1) is 11.8. The highest BCUT2D eigenvalue weighted by Crippen LogP contribution is 2.20. The Bertz CT molecular complexity index is 451. The Kier molecular flexibility index (Phi) is 3.43. The number of thiazole rings is 1. The molecule has 1 fully saturated rings. The van der Waals surface area contributed by atoms with Gasteiger partial charge in [-0.25, -0.2) is 18.1 Å². The number of nitrogens with two attached hydrogens (primary N) is 1. The van der Waals surface area contributed by atoms with Crippen molar-refractivity contribution in [3.05, 3.63) is 6.20 Å². The minimum atomic E-state index is -3.48. The largest absolute Gasteiger partial charge is 0.377 e. The molecule has 0 bridgehead atoms. The maximum Gasteiger partial charge on any atom is 0.251 e. The third-order valence-electron chi connectivity index (χ3n) is 2.29. The summed E-state index contributed by atoms with van der Waals surface area (Å²) >= 11 is 0.953. The molecule has 2 rings (SSSR count). The Labute approximate surface area is 97.9 Å². The Morgan fingerprint density at radius 1 is 1.69 bits per heavy atom. The van der Waals surface area contributed by atoms with Crippen LogP contribution in [0.2, 0.25) is 0 Å². The number of nitrogen functional groups attached to an aromatic ring is 1. The molecule has 0 aliphatic carbocycles. The molecular weight excluding hydrogens is 250 g/mol. The first-order valence-electron chi connectivity index (χ1n) is 4.90. The summed E-state index contributed by atoms with van der Waals surface area (Å²) in [4.78, 5) is 3.71. The molecule has 90 valence electrons. The van der Waals surface area contributed by atoms with Gasteiger partial charge in [0.1, 0.15) is 0 Å². The molecular formula is C8H13N3O3S2. The van der Waals surface area contributed by atoms with E-state index in [0.29, 0.717) is 13.2 Å². The first-order valence-corrected chi connectivity index (χ1v) is 7.20. The zero-order valence-corrected chi connectivity index (χ0v) is 10.2. The van der Waals surface area contributed by atoms with E-state index in [4.69, 9.17) is 10.5 Å². The fourth-order valence-electron chi connectivity index (χ4n) is 1.48. The van der Waals surface area contributed by atoms with Gasteiger partial charge < -0.3 is 10.5 Å². The monoisotopic (exact) mass is 263 g/mol. The molecule has 1 aromatic heterocycles.